The summed E-state index contributed by atoms with van der Waals surface area (Å²) in [6, 6.07) is 32.3. The summed E-state index contributed by atoms with van der Waals surface area (Å²) < 4.78 is 102. The Balaban J connectivity index is 1.21. The molecule has 0 bridgehead atoms. The molecule has 7 rings (SSSR count). The predicted molar refractivity (Wildman–Crippen MR) is 222 cm³/mol. The fourth-order valence-corrected chi connectivity index (χ4v) is 8.54. The first-order valence-corrected chi connectivity index (χ1v) is 21.6. The molecule has 0 aromatic heterocycles. The Bertz CT molecular complexity index is 2060. The molecule has 3 aliphatic rings. The highest BCUT2D eigenvalue weighted by Gasteiger charge is 2.58. The van der Waals surface area contributed by atoms with Crippen molar-refractivity contribution in [1.82, 2.24) is 0 Å². The molecule has 1 aliphatic carbocycles. The van der Waals surface area contributed by atoms with Crippen molar-refractivity contribution in [2.45, 2.75) is 95.2 Å². The van der Waals surface area contributed by atoms with Crippen molar-refractivity contribution < 1.29 is 64.5 Å². The molecule has 8 atom stereocenters. The lowest BCUT2D eigenvalue weighted by molar-refractivity contribution is -0.304. The van der Waals surface area contributed by atoms with Gasteiger partial charge in [0.2, 0.25) is 0 Å². The largest absolute Gasteiger partial charge is 0.497 e. The Labute approximate surface area is 358 Å². The zero-order chi connectivity index (χ0) is 43.0. The van der Waals surface area contributed by atoms with Crippen LogP contribution in [0.4, 0.5) is 0 Å². The number of benzene rings is 4. The van der Waals surface area contributed by atoms with Crippen LogP contribution in [-0.4, -0.2) is 89.9 Å². The maximum atomic E-state index is 12.6. The van der Waals surface area contributed by atoms with E-state index in [2.05, 4.69) is 0 Å². The van der Waals surface area contributed by atoms with E-state index in [9.17, 15) is 13.0 Å². The van der Waals surface area contributed by atoms with Gasteiger partial charge in [0.15, 0.2) is 18.0 Å². The molecule has 0 spiro atoms. The Kier molecular flexibility index (Phi) is 14.9. The second kappa shape index (κ2) is 20.3. The molecule has 1 N–H and O–H groups in total. The van der Waals surface area contributed by atoms with E-state index in [1.807, 2.05) is 103 Å². The van der Waals surface area contributed by atoms with Crippen molar-refractivity contribution >= 4 is 10.4 Å². The van der Waals surface area contributed by atoms with Crippen LogP contribution in [0.15, 0.2) is 103 Å². The number of hydrogen-bond acceptors (Lipinski definition) is 13. The van der Waals surface area contributed by atoms with Crippen LogP contribution in [0.25, 0.3) is 0 Å². The lowest BCUT2D eigenvalue weighted by Crippen LogP contribution is -2.55. The van der Waals surface area contributed by atoms with Crippen molar-refractivity contribution in [3.05, 3.63) is 131 Å². The van der Waals surface area contributed by atoms with Gasteiger partial charge >= 0.3 is 10.4 Å². The Morgan fingerprint density at radius 1 is 0.721 bits per heavy atom. The smallest absolute Gasteiger partial charge is 0.397 e. The first-order valence-electron chi connectivity index (χ1n) is 20.3. The zero-order valence-electron chi connectivity index (χ0n) is 35.0. The van der Waals surface area contributed by atoms with E-state index in [4.69, 9.17) is 51.6 Å². The van der Waals surface area contributed by atoms with E-state index in [0.717, 1.165) is 39.9 Å². The number of methoxy groups -OCH3 is 3. The van der Waals surface area contributed by atoms with Crippen LogP contribution in [0.3, 0.4) is 0 Å². The van der Waals surface area contributed by atoms with Gasteiger partial charge in [-0.25, -0.2) is 4.18 Å². The van der Waals surface area contributed by atoms with Crippen molar-refractivity contribution in [2.24, 2.45) is 5.92 Å². The van der Waals surface area contributed by atoms with E-state index in [1.165, 1.54) is 0 Å². The molecular weight excluding hydrogens is 809 g/mol. The summed E-state index contributed by atoms with van der Waals surface area (Å²) in [5.74, 6) is 1.82. The fourth-order valence-electron chi connectivity index (χ4n) is 8.03. The molecule has 1 saturated carbocycles. The monoisotopic (exact) mass is 863 g/mol. The average molecular weight is 864 g/mol. The summed E-state index contributed by atoms with van der Waals surface area (Å²) in [6.07, 6.45) is -5.33. The molecule has 14 nitrogen and oxygen atoms in total. The topological polar surface area (TPSA) is 156 Å². The molecule has 2 aliphatic heterocycles. The summed E-state index contributed by atoms with van der Waals surface area (Å²) >= 11 is 0. The first kappa shape index (κ1) is 44.8. The Hall–Kier alpha value is -4.26. The summed E-state index contributed by atoms with van der Waals surface area (Å²) in [7, 11) is -0.141. The molecule has 61 heavy (non-hydrogen) atoms. The van der Waals surface area contributed by atoms with Gasteiger partial charge in [0, 0.05) is 5.56 Å². The maximum Gasteiger partial charge on any atom is 0.397 e. The summed E-state index contributed by atoms with van der Waals surface area (Å²) in [5, 5.41) is 0. The lowest BCUT2D eigenvalue weighted by Gasteiger charge is -2.42. The minimum Gasteiger partial charge on any atom is -0.497 e. The highest BCUT2D eigenvalue weighted by atomic mass is 32.3. The maximum absolute atomic E-state index is 12.6. The molecule has 2 saturated heterocycles. The lowest BCUT2D eigenvalue weighted by atomic mass is 9.86. The van der Waals surface area contributed by atoms with Gasteiger partial charge in [-0.2, -0.15) is 8.42 Å². The van der Waals surface area contributed by atoms with Gasteiger partial charge in [-0.1, -0.05) is 66.7 Å². The number of rotatable bonds is 19. The van der Waals surface area contributed by atoms with Crippen LogP contribution in [-0.2, 0) is 67.6 Å². The van der Waals surface area contributed by atoms with E-state index in [1.54, 1.807) is 35.2 Å². The summed E-state index contributed by atoms with van der Waals surface area (Å²) in [6.45, 7) is 4.74. The van der Waals surface area contributed by atoms with Crippen LogP contribution in [0, 0.1) is 11.8 Å². The highest BCUT2D eigenvalue weighted by molar-refractivity contribution is 7.80. The van der Waals surface area contributed by atoms with Crippen LogP contribution >= 0.6 is 0 Å². The summed E-state index contributed by atoms with van der Waals surface area (Å²) in [4.78, 5) is 0. The van der Waals surface area contributed by atoms with Crippen molar-refractivity contribution in [3.63, 3.8) is 0 Å². The van der Waals surface area contributed by atoms with Crippen molar-refractivity contribution in [3.8, 4) is 17.2 Å². The molecule has 328 valence electrons. The molecule has 4 aromatic rings. The Morgan fingerprint density at radius 3 is 1.80 bits per heavy atom. The Morgan fingerprint density at radius 2 is 1.28 bits per heavy atom. The van der Waals surface area contributed by atoms with Gasteiger partial charge in [-0.3, -0.25) is 4.55 Å². The van der Waals surface area contributed by atoms with Crippen LogP contribution in [0.1, 0.15) is 55.2 Å². The normalized spacial score (nSPS) is 26.3. The third-order valence-electron chi connectivity index (χ3n) is 11.1. The highest BCUT2D eigenvalue weighted by Crippen LogP contribution is 2.46. The van der Waals surface area contributed by atoms with Gasteiger partial charge in [0.1, 0.15) is 72.6 Å². The molecule has 15 heteroatoms. The number of hydrogen-bond donors (Lipinski definition) is 1. The quantitative estimate of drug-likeness (QED) is 0.0746. The van der Waals surface area contributed by atoms with Crippen LogP contribution < -0.4 is 14.2 Å². The second-order valence-corrected chi connectivity index (χ2v) is 16.8. The SMILES string of the molecule is COc1ccc(COC[C@@H]2[C+](C[C@@H]3OC(c4ccccc4)O[C@H]([C@H]4COC(C)(C)O4)[C@@H]3OS(=O)(=O)O)C[C@H](OCc3ccc(OC)cc3)[C@H]2OCc2ccc(OC)cc2)cc1. The second-order valence-electron chi connectivity index (χ2n) is 15.7. The summed E-state index contributed by atoms with van der Waals surface area (Å²) in [5.41, 5.74) is 3.54. The third kappa shape index (κ3) is 12.0. The molecule has 0 amide bonds. The molecule has 0 radical (unpaired) electrons. The average Bonchev–Trinajstić information content (AvgIpc) is 3.80. The number of ether oxygens (including phenoxy) is 10. The van der Waals surface area contributed by atoms with E-state index < -0.39 is 59.1 Å². The first-order chi connectivity index (χ1) is 29.4. The van der Waals surface area contributed by atoms with Gasteiger partial charge in [0.05, 0.1) is 54.4 Å². The molecule has 4 aromatic carbocycles. The van der Waals surface area contributed by atoms with E-state index >= 15 is 0 Å². The molecule has 3 fully saturated rings. The minimum absolute atomic E-state index is 0.0954. The van der Waals surface area contributed by atoms with Gasteiger partial charge in [0.25, 0.3) is 0 Å². The molecule has 1 unspecified atom stereocenters. The molecule has 2 heterocycles. The van der Waals surface area contributed by atoms with Crippen molar-refractivity contribution in [2.75, 3.05) is 34.5 Å². The zero-order valence-corrected chi connectivity index (χ0v) is 35.9. The van der Waals surface area contributed by atoms with Crippen LogP contribution in [0.2, 0.25) is 0 Å². The molecular formula is C46H55O14S+. The van der Waals surface area contributed by atoms with Gasteiger partial charge in [-0.15, -0.1) is 0 Å². The van der Waals surface area contributed by atoms with Gasteiger partial charge < -0.3 is 47.4 Å². The third-order valence-corrected chi connectivity index (χ3v) is 11.6. The van der Waals surface area contributed by atoms with E-state index in [-0.39, 0.29) is 32.2 Å². The van der Waals surface area contributed by atoms with E-state index in [0.29, 0.717) is 25.2 Å². The van der Waals surface area contributed by atoms with Crippen molar-refractivity contribution in [1.29, 1.82) is 0 Å². The predicted octanol–water partition coefficient (Wildman–Crippen LogP) is 7.21. The fraction of sp³-hybridized carbons (Fsp3) is 0.457. The minimum atomic E-state index is -5.00. The van der Waals surface area contributed by atoms with Gasteiger partial charge in [-0.05, 0) is 66.9 Å². The van der Waals surface area contributed by atoms with Crippen LogP contribution in [0.5, 0.6) is 17.2 Å². The standard InChI is InChI=1S/C46H54O14S/c1-46(2)56-29-41(59-46)43-44(60-61(47,48)49)40(57-45(58-43)33-9-7-6-8-10-33)24-34-23-39(54-26-31-13-19-36(51-4)20-14-31)42(55-27-32-15-21-37(52-5)22-16-32)38(34)28-53-25-30-11-17-35(50-3)18-12-30/h6-22,38-45H,23-29H2,1-5H3/p+1/t38-,39+,40+,41-,42+,43-,44-,45?/m1/s1.